The topological polar surface area (TPSA) is 70.3 Å². The Bertz CT molecular complexity index is 1730. The van der Waals surface area contributed by atoms with Gasteiger partial charge in [0.15, 0.2) is 0 Å². The van der Waals surface area contributed by atoms with Gasteiger partial charge in [-0.1, -0.05) is 112 Å². The molecule has 3 atom stereocenters. The van der Waals surface area contributed by atoms with Crippen LogP contribution in [0.25, 0.3) is 0 Å². The monoisotopic (exact) mass is 576 g/mol. The number of allylic oxidation sites excluding steroid dienone is 1. The van der Waals surface area contributed by atoms with Crippen molar-refractivity contribution in [3.63, 3.8) is 0 Å². The molecule has 1 aromatic heterocycles. The van der Waals surface area contributed by atoms with E-state index in [-0.39, 0.29) is 22.4 Å². The first-order valence-electron chi connectivity index (χ1n) is 14.5. The van der Waals surface area contributed by atoms with Gasteiger partial charge in [-0.15, -0.1) is 0 Å². The third-order valence-corrected chi connectivity index (χ3v) is 14.0. The fourth-order valence-electron chi connectivity index (χ4n) is 6.73. The molecule has 214 valence electrons. The van der Waals surface area contributed by atoms with E-state index in [0.29, 0.717) is 17.7 Å². The van der Waals surface area contributed by atoms with Gasteiger partial charge in [-0.3, -0.25) is 14.2 Å². The van der Waals surface area contributed by atoms with Gasteiger partial charge >= 0.3 is 5.69 Å². The van der Waals surface area contributed by atoms with Crippen LogP contribution in [-0.4, -0.2) is 30.0 Å². The third kappa shape index (κ3) is 4.48. The molecule has 0 radical (unpaired) electrons. The quantitative estimate of drug-likeness (QED) is 0.236. The molecule has 0 amide bonds. The van der Waals surface area contributed by atoms with Gasteiger partial charge in [0.25, 0.3) is 19.8 Å². The van der Waals surface area contributed by atoms with Crippen LogP contribution in [-0.2, 0) is 4.43 Å². The number of carbonyl (C=O) groups is 1. The Kier molecular flexibility index (Phi) is 6.90. The molecule has 42 heavy (non-hydrogen) atoms. The van der Waals surface area contributed by atoms with E-state index >= 15 is 0 Å². The summed E-state index contributed by atoms with van der Waals surface area (Å²) in [7, 11) is -2.72. The van der Waals surface area contributed by atoms with Gasteiger partial charge in [-0.05, 0) is 46.8 Å². The zero-order valence-corrected chi connectivity index (χ0v) is 25.5. The molecular weight excluding hydrogens is 540 g/mol. The number of rotatable bonds is 7. The number of fused-ring (bicyclic) bond motifs is 1. The van der Waals surface area contributed by atoms with Crippen LogP contribution in [0.4, 0.5) is 0 Å². The summed E-state index contributed by atoms with van der Waals surface area (Å²) in [6.45, 7) is 8.99. The second-order valence-electron chi connectivity index (χ2n) is 12.7. The molecule has 0 unspecified atom stereocenters. The first-order chi connectivity index (χ1) is 20.1. The Morgan fingerprint density at radius 1 is 0.905 bits per heavy atom. The van der Waals surface area contributed by atoms with Crippen molar-refractivity contribution < 1.29 is 9.22 Å². The number of carbonyl (C=O) groups excluding carboxylic acids is 1. The minimum atomic E-state index is -2.72. The molecule has 0 bridgehead atoms. The van der Waals surface area contributed by atoms with Crippen molar-refractivity contribution in [3.8, 4) is 0 Å². The predicted molar refractivity (Wildman–Crippen MR) is 168 cm³/mol. The normalized spacial score (nSPS) is 21.2. The number of hydrogen-bond donors (Lipinski definition) is 0. The maximum Gasteiger partial charge on any atom is 0.338 e. The second kappa shape index (κ2) is 10.3. The first kappa shape index (κ1) is 28.1. The van der Waals surface area contributed by atoms with Crippen LogP contribution in [0.1, 0.15) is 49.2 Å². The Labute approximate surface area is 247 Å². The van der Waals surface area contributed by atoms with E-state index in [1.165, 1.54) is 10.4 Å². The van der Waals surface area contributed by atoms with Gasteiger partial charge in [0, 0.05) is 29.3 Å². The zero-order chi connectivity index (χ0) is 29.7. The van der Waals surface area contributed by atoms with Crippen LogP contribution in [0.2, 0.25) is 5.04 Å². The van der Waals surface area contributed by atoms with Crippen LogP contribution >= 0.6 is 0 Å². The predicted octanol–water partition coefficient (Wildman–Crippen LogP) is 4.70. The second-order valence-corrected chi connectivity index (χ2v) is 17.0. The molecule has 3 aromatic carbocycles. The summed E-state index contributed by atoms with van der Waals surface area (Å²) in [6, 6.07) is 29.4. The molecule has 1 heterocycles. The van der Waals surface area contributed by atoms with E-state index < -0.39 is 25.5 Å². The van der Waals surface area contributed by atoms with Crippen molar-refractivity contribution in [2.75, 3.05) is 6.61 Å². The highest BCUT2D eigenvalue weighted by Crippen LogP contribution is 2.64. The fraction of sp³-hybridized carbons (Fsp3) is 0.286. The first-order valence-corrected chi connectivity index (χ1v) is 16.4. The fourth-order valence-corrected chi connectivity index (χ4v) is 11.4. The van der Waals surface area contributed by atoms with Crippen LogP contribution in [0.15, 0.2) is 119 Å². The number of aryl methyl sites for hydroxylation is 1. The summed E-state index contributed by atoms with van der Waals surface area (Å²) >= 11 is 0. The van der Waals surface area contributed by atoms with Crippen molar-refractivity contribution in [2.45, 2.75) is 45.2 Å². The van der Waals surface area contributed by atoms with Crippen LogP contribution in [0, 0.1) is 18.3 Å². The molecule has 2 aliphatic carbocycles. The van der Waals surface area contributed by atoms with Crippen molar-refractivity contribution >= 4 is 24.6 Å². The molecule has 0 spiro atoms. The Balaban J connectivity index is 1.33. The molecule has 1 saturated carbocycles. The molecule has 0 saturated heterocycles. The summed E-state index contributed by atoms with van der Waals surface area (Å²) in [5, 5.41) is 2.32. The van der Waals surface area contributed by atoms with Gasteiger partial charge < -0.3 is 4.43 Å². The molecule has 6 rings (SSSR count). The SMILES string of the molecule is Cc1cn([C@@H]2C=C[C@@]3(CO[Si](c4ccccc4)(c4ccccc4)C(C)(C)C)C[C@@H]23)c(=O)n(C(=O)c2ccccc2)c1=O. The highest BCUT2D eigenvalue weighted by molar-refractivity contribution is 6.99. The molecule has 2 aliphatic rings. The Morgan fingerprint density at radius 3 is 1.98 bits per heavy atom. The average molecular weight is 577 g/mol. The molecule has 0 N–H and O–H groups in total. The van der Waals surface area contributed by atoms with Gasteiger partial charge in [0.2, 0.25) is 0 Å². The van der Waals surface area contributed by atoms with Crippen LogP contribution < -0.4 is 21.6 Å². The highest BCUT2D eigenvalue weighted by Gasteiger charge is 2.61. The lowest BCUT2D eigenvalue weighted by atomic mass is 10.1. The largest absolute Gasteiger partial charge is 0.407 e. The summed E-state index contributed by atoms with van der Waals surface area (Å²) in [4.78, 5) is 39.9. The number of hydrogen-bond acceptors (Lipinski definition) is 4. The van der Waals surface area contributed by atoms with E-state index in [2.05, 4.69) is 75.4 Å². The average Bonchev–Trinajstić information content (AvgIpc) is 3.60. The van der Waals surface area contributed by atoms with E-state index in [1.54, 1.807) is 48.0 Å². The molecule has 7 heteroatoms. The van der Waals surface area contributed by atoms with Gasteiger partial charge in [-0.2, -0.15) is 4.57 Å². The van der Waals surface area contributed by atoms with Crippen molar-refractivity contribution in [1.29, 1.82) is 0 Å². The van der Waals surface area contributed by atoms with Crippen molar-refractivity contribution in [3.05, 3.63) is 141 Å². The summed E-state index contributed by atoms with van der Waals surface area (Å²) in [6.07, 6.45) is 6.72. The van der Waals surface area contributed by atoms with E-state index in [4.69, 9.17) is 4.43 Å². The number of nitrogens with zero attached hydrogens (tertiary/aromatic N) is 2. The number of benzene rings is 3. The van der Waals surface area contributed by atoms with Crippen LogP contribution in [0.3, 0.4) is 0 Å². The third-order valence-electron chi connectivity index (χ3n) is 9.02. The lowest BCUT2D eigenvalue weighted by Crippen LogP contribution is -2.67. The van der Waals surface area contributed by atoms with Crippen molar-refractivity contribution in [2.24, 2.45) is 11.3 Å². The Morgan fingerprint density at radius 2 is 1.45 bits per heavy atom. The van der Waals surface area contributed by atoms with Crippen molar-refractivity contribution in [1.82, 2.24) is 9.13 Å². The summed E-state index contributed by atoms with van der Waals surface area (Å²) in [5.41, 5.74) is -0.728. The van der Waals surface area contributed by atoms with Gasteiger partial charge in [0.1, 0.15) is 0 Å². The van der Waals surface area contributed by atoms with E-state index in [0.717, 1.165) is 11.0 Å². The molecule has 1 fully saturated rings. The van der Waals surface area contributed by atoms with Gasteiger partial charge in [-0.25, -0.2) is 4.79 Å². The lowest BCUT2D eigenvalue weighted by molar-refractivity contribution is 0.0947. The maximum absolute atomic E-state index is 13.7. The van der Waals surface area contributed by atoms with Gasteiger partial charge in [0.05, 0.1) is 6.04 Å². The van der Waals surface area contributed by atoms with Crippen LogP contribution in [0.5, 0.6) is 0 Å². The minimum Gasteiger partial charge on any atom is -0.407 e. The lowest BCUT2D eigenvalue weighted by Gasteiger charge is -2.43. The molecule has 6 nitrogen and oxygen atoms in total. The molecule has 0 aliphatic heterocycles. The zero-order valence-electron chi connectivity index (χ0n) is 24.5. The molecular formula is C35H36N2O4Si. The van der Waals surface area contributed by atoms with E-state index in [1.807, 2.05) is 18.2 Å². The summed E-state index contributed by atoms with van der Waals surface area (Å²) < 4.78 is 9.61. The molecule has 4 aromatic rings. The minimum absolute atomic E-state index is 0.139. The maximum atomic E-state index is 13.7. The summed E-state index contributed by atoms with van der Waals surface area (Å²) in [5.74, 6) is -0.465. The standard InChI is InChI=1S/C35H36N2O4Si/c1-25-23-36(33(40)37(31(25)38)32(39)26-14-8-5-9-15-26)30-20-21-35(22-29(30)35)24-41-42(34(2,3)4,27-16-10-6-11-17-27)28-18-12-7-13-19-28/h5-21,23,29-30H,22,24H2,1-4H3/t29-,30+,35-/m0/s1. The Hall–Kier alpha value is -4.07. The number of aromatic nitrogens is 2. The van der Waals surface area contributed by atoms with E-state index in [9.17, 15) is 14.4 Å². The highest BCUT2D eigenvalue weighted by atomic mass is 28.4. The smallest absolute Gasteiger partial charge is 0.338 e.